The highest BCUT2D eigenvalue weighted by Gasteiger charge is 2.34. The maximum atomic E-state index is 12.2. The van der Waals surface area contributed by atoms with Crippen LogP contribution in [0.4, 0.5) is 5.69 Å². The smallest absolute Gasteiger partial charge is 0.245 e. The molecule has 0 bridgehead atoms. The zero-order chi connectivity index (χ0) is 14.8. The van der Waals surface area contributed by atoms with Gasteiger partial charge >= 0.3 is 0 Å². The lowest BCUT2D eigenvalue weighted by molar-refractivity contribution is -0.133. The SMILES string of the molecule is C#CCN(C(=O)Cn1cc(N)cn1)C1CCS(=O)(=O)C1. The average molecular weight is 296 g/mol. The van der Waals surface area contributed by atoms with Crippen LogP contribution in [-0.4, -0.2) is 53.1 Å². The van der Waals surface area contributed by atoms with Gasteiger partial charge in [0, 0.05) is 12.2 Å². The highest BCUT2D eigenvalue weighted by Crippen LogP contribution is 2.18. The minimum Gasteiger partial charge on any atom is -0.396 e. The molecule has 20 heavy (non-hydrogen) atoms. The molecule has 1 aliphatic rings. The van der Waals surface area contributed by atoms with Crippen molar-refractivity contribution < 1.29 is 13.2 Å². The summed E-state index contributed by atoms with van der Waals surface area (Å²) in [6.45, 7) is 0.0885. The first-order valence-electron chi connectivity index (χ1n) is 6.12. The van der Waals surface area contributed by atoms with Crippen LogP contribution >= 0.6 is 0 Å². The molecule has 0 radical (unpaired) electrons. The van der Waals surface area contributed by atoms with Gasteiger partial charge in [-0.25, -0.2) is 8.42 Å². The minimum atomic E-state index is -3.07. The van der Waals surface area contributed by atoms with Crippen molar-refractivity contribution in [3.63, 3.8) is 0 Å². The second kappa shape index (κ2) is 5.54. The largest absolute Gasteiger partial charge is 0.396 e. The fourth-order valence-electron chi connectivity index (χ4n) is 2.24. The van der Waals surface area contributed by atoms with Crippen LogP contribution < -0.4 is 5.73 Å². The molecule has 7 nitrogen and oxygen atoms in total. The molecule has 2 heterocycles. The quantitative estimate of drug-likeness (QED) is 0.727. The minimum absolute atomic E-state index is 0.00454. The molecular weight excluding hydrogens is 280 g/mol. The van der Waals surface area contributed by atoms with Gasteiger partial charge in [0.05, 0.1) is 29.9 Å². The summed E-state index contributed by atoms with van der Waals surface area (Å²) in [5, 5.41) is 3.93. The van der Waals surface area contributed by atoms with Crippen molar-refractivity contribution in [1.29, 1.82) is 0 Å². The van der Waals surface area contributed by atoms with Gasteiger partial charge in [0.2, 0.25) is 5.91 Å². The van der Waals surface area contributed by atoms with E-state index in [-0.39, 0.29) is 36.5 Å². The number of carbonyl (C=O) groups is 1. The molecule has 2 rings (SSSR count). The monoisotopic (exact) mass is 296 g/mol. The molecule has 108 valence electrons. The summed E-state index contributed by atoms with van der Waals surface area (Å²) >= 11 is 0. The highest BCUT2D eigenvalue weighted by atomic mass is 32.2. The molecule has 8 heteroatoms. The van der Waals surface area contributed by atoms with Crippen LogP contribution in [0.3, 0.4) is 0 Å². The van der Waals surface area contributed by atoms with Crippen LogP contribution in [0.15, 0.2) is 12.4 Å². The third kappa shape index (κ3) is 3.30. The number of sulfone groups is 1. The van der Waals surface area contributed by atoms with Crippen molar-refractivity contribution in [1.82, 2.24) is 14.7 Å². The van der Waals surface area contributed by atoms with Crippen LogP contribution in [0.5, 0.6) is 0 Å². The summed E-state index contributed by atoms with van der Waals surface area (Å²) in [5.41, 5.74) is 5.99. The number of hydrogen-bond donors (Lipinski definition) is 1. The van der Waals surface area contributed by atoms with E-state index in [1.807, 2.05) is 0 Å². The Labute approximate surface area is 117 Å². The van der Waals surface area contributed by atoms with Crippen molar-refractivity contribution in [3.8, 4) is 12.3 Å². The van der Waals surface area contributed by atoms with Crippen LogP contribution in [-0.2, 0) is 21.2 Å². The lowest BCUT2D eigenvalue weighted by atomic mass is 10.2. The maximum Gasteiger partial charge on any atom is 0.245 e. The predicted molar refractivity (Wildman–Crippen MR) is 74.2 cm³/mol. The van der Waals surface area contributed by atoms with Gasteiger partial charge in [-0.1, -0.05) is 5.92 Å². The number of aromatic nitrogens is 2. The third-order valence-corrected chi connectivity index (χ3v) is 4.93. The number of nitrogens with two attached hydrogens (primary N) is 1. The zero-order valence-electron chi connectivity index (χ0n) is 10.9. The molecule has 1 unspecified atom stereocenters. The number of amides is 1. The Hall–Kier alpha value is -2.01. The van der Waals surface area contributed by atoms with Gasteiger partial charge in [0.15, 0.2) is 9.84 Å². The first kappa shape index (κ1) is 14.4. The van der Waals surface area contributed by atoms with E-state index >= 15 is 0 Å². The van der Waals surface area contributed by atoms with Gasteiger partial charge in [-0.05, 0) is 6.42 Å². The summed E-state index contributed by atoms with van der Waals surface area (Å²) in [6.07, 6.45) is 8.67. The molecule has 1 atom stereocenters. The maximum absolute atomic E-state index is 12.2. The van der Waals surface area contributed by atoms with Crippen LogP contribution in [0.2, 0.25) is 0 Å². The van der Waals surface area contributed by atoms with Crippen LogP contribution in [0, 0.1) is 12.3 Å². The van der Waals surface area contributed by atoms with Gasteiger partial charge < -0.3 is 10.6 Å². The molecule has 1 saturated heterocycles. The molecule has 0 aliphatic carbocycles. The lowest BCUT2D eigenvalue weighted by Gasteiger charge is -2.26. The summed E-state index contributed by atoms with van der Waals surface area (Å²) < 4.78 is 24.4. The number of rotatable bonds is 4. The second-order valence-electron chi connectivity index (χ2n) is 4.75. The fraction of sp³-hybridized carbons (Fsp3) is 0.500. The lowest BCUT2D eigenvalue weighted by Crippen LogP contribution is -2.43. The van der Waals surface area contributed by atoms with E-state index in [2.05, 4.69) is 11.0 Å². The molecule has 1 aliphatic heterocycles. The van der Waals surface area contributed by atoms with E-state index < -0.39 is 9.84 Å². The van der Waals surface area contributed by atoms with E-state index in [0.717, 1.165) is 0 Å². The molecule has 0 aromatic carbocycles. The van der Waals surface area contributed by atoms with Gasteiger partial charge in [0.25, 0.3) is 0 Å². The molecular formula is C12H16N4O3S. The molecule has 0 spiro atoms. The summed E-state index contributed by atoms with van der Waals surface area (Å²) in [7, 11) is -3.07. The Morgan fingerprint density at radius 2 is 2.40 bits per heavy atom. The topological polar surface area (TPSA) is 98.3 Å². The van der Waals surface area contributed by atoms with E-state index in [4.69, 9.17) is 12.2 Å². The van der Waals surface area contributed by atoms with Gasteiger partial charge in [0.1, 0.15) is 6.54 Å². The summed E-state index contributed by atoms with van der Waals surface area (Å²) in [4.78, 5) is 13.7. The van der Waals surface area contributed by atoms with E-state index in [1.54, 1.807) is 0 Å². The number of hydrogen-bond acceptors (Lipinski definition) is 5. The molecule has 1 amide bonds. The van der Waals surface area contributed by atoms with Crippen molar-refractivity contribution >= 4 is 21.4 Å². The Morgan fingerprint density at radius 1 is 1.65 bits per heavy atom. The second-order valence-corrected chi connectivity index (χ2v) is 6.98. The fourth-order valence-corrected chi connectivity index (χ4v) is 3.97. The number of anilines is 1. The summed E-state index contributed by atoms with van der Waals surface area (Å²) in [6, 6.07) is -0.351. The average Bonchev–Trinajstić information content (AvgIpc) is 2.92. The van der Waals surface area contributed by atoms with Gasteiger partial charge in [-0.15, -0.1) is 6.42 Å². The normalized spacial score (nSPS) is 20.4. The molecule has 1 aromatic rings. The zero-order valence-corrected chi connectivity index (χ0v) is 11.7. The van der Waals surface area contributed by atoms with Crippen LogP contribution in [0.1, 0.15) is 6.42 Å². The summed E-state index contributed by atoms with van der Waals surface area (Å²) in [5.74, 6) is 2.22. The first-order chi connectivity index (χ1) is 9.41. The Balaban J connectivity index is 2.08. The van der Waals surface area contributed by atoms with E-state index in [9.17, 15) is 13.2 Å². The molecule has 0 saturated carbocycles. The Bertz CT molecular complexity index is 644. The van der Waals surface area contributed by atoms with Crippen molar-refractivity contribution in [2.75, 3.05) is 23.8 Å². The molecule has 2 N–H and O–H groups in total. The standard InChI is InChI=1S/C12H16N4O3S/c1-2-4-16(11-3-5-20(18,19)9-11)12(17)8-15-7-10(13)6-14-15/h1,6-7,11H,3-5,8-9,13H2. The predicted octanol–water partition coefficient (Wildman–Crippen LogP) is -0.886. The number of nitrogen functional groups attached to an aromatic ring is 1. The third-order valence-electron chi connectivity index (χ3n) is 3.18. The van der Waals surface area contributed by atoms with Crippen LogP contribution in [0.25, 0.3) is 0 Å². The van der Waals surface area contributed by atoms with E-state index in [1.165, 1.54) is 22.0 Å². The number of carbonyl (C=O) groups excluding carboxylic acids is 1. The van der Waals surface area contributed by atoms with Gasteiger partial charge in [-0.2, -0.15) is 5.10 Å². The Kier molecular flexibility index (Phi) is 3.99. The molecule has 1 aromatic heterocycles. The van der Waals surface area contributed by atoms with E-state index in [0.29, 0.717) is 12.1 Å². The van der Waals surface area contributed by atoms with Gasteiger partial charge in [-0.3, -0.25) is 9.48 Å². The van der Waals surface area contributed by atoms with Crippen molar-refractivity contribution in [2.24, 2.45) is 0 Å². The van der Waals surface area contributed by atoms with Crippen molar-refractivity contribution in [2.45, 2.75) is 19.0 Å². The number of terminal acetylenes is 1. The highest BCUT2D eigenvalue weighted by molar-refractivity contribution is 7.91. The number of nitrogens with zero attached hydrogens (tertiary/aromatic N) is 3. The molecule has 1 fully saturated rings. The first-order valence-corrected chi connectivity index (χ1v) is 7.95. The Morgan fingerprint density at radius 3 is 2.90 bits per heavy atom. The van der Waals surface area contributed by atoms with Crippen molar-refractivity contribution in [3.05, 3.63) is 12.4 Å².